The smallest absolute Gasteiger partial charge is 0.276 e. The second-order valence-corrected chi connectivity index (χ2v) is 5.44. The van der Waals surface area contributed by atoms with E-state index in [4.69, 9.17) is 4.42 Å². The maximum atomic E-state index is 12.4. The van der Waals surface area contributed by atoms with E-state index in [0.717, 1.165) is 31.1 Å². The van der Waals surface area contributed by atoms with Crippen molar-refractivity contribution in [1.82, 2.24) is 20.0 Å². The zero-order chi connectivity index (χ0) is 15.8. The topological polar surface area (TPSA) is 101 Å². The number of nitrogens with zero attached hydrogens (tertiary/aromatic N) is 3. The van der Waals surface area contributed by atoms with Crippen LogP contribution in [0.2, 0.25) is 0 Å². The van der Waals surface area contributed by atoms with Gasteiger partial charge >= 0.3 is 0 Å². The summed E-state index contributed by atoms with van der Waals surface area (Å²) in [6.45, 7) is 3.59. The number of aromatic nitrogens is 4. The van der Waals surface area contributed by atoms with Crippen LogP contribution in [-0.4, -0.2) is 32.4 Å². The third-order valence-corrected chi connectivity index (χ3v) is 3.74. The number of aromatic amines is 1. The van der Waals surface area contributed by atoms with E-state index in [9.17, 15) is 4.79 Å². The fraction of sp³-hybridized carbons (Fsp3) is 0.267. The van der Waals surface area contributed by atoms with Gasteiger partial charge in [-0.2, -0.15) is 10.2 Å². The number of carbonyl (C=O) groups excluding carboxylic acids is 1. The van der Waals surface area contributed by atoms with E-state index in [1.165, 1.54) is 0 Å². The molecular formula is C15H16N6O2. The van der Waals surface area contributed by atoms with E-state index in [-0.39, 0.29) is 5.91 Å². The Morgan fingerprint density at radius 2 is 2.35 bits per heavy atom. The molecule has 0 bridgehead atoms. The lowest BCUT2D eigenvalue weighted by atomic mass is 10.3. The fourth-order valence-corrected chi connectivity index (χ4v) is 2.60. The number of aryl methyl sites for hydroxylation is 2. The van der Waals surface area contributed by atoms with Crippen LogP contribution in [0.3, 0.4) is 0 Å². The molecule has 3 aromatic rings. The predicted octanol–water partition coefficient (Wildman–Crippen LogP) is 2.24. The van der Waals surface area contributed by atoms with E-state index >= 15 is 0 Å². The number of fused-ring (bicyclic) bond motifs is 1. The molecule has 0 saturated carbocycles. The summed E-state index contributed by atoms with van der Waals surface area (Å²) < 4.78 is 7.36. The van der Waals surface area contributed by atoms with Crippen molar-refractivity contribution in [2.45, 2.75) is 19.9 Å². The molecule has 0 aromatic carbocycles. The summed E-state index contributed by atoms with van der Waals surface area (Å²) >= 11 is 0. The van der Waals surface area contributed by atoms with E-state index in [1.807, 2.05) is 23.7 Å². The highest BCUT2D eigenvalue weighted by Gasteiger charge is 2.18. The minimum atomic E-state index is -0.293. The highest BCUT2D eigenvalue weighted by molar-refractivity contribution is 6.04. The fourth-order valence-electron chi connectivity index (χ4n) is 2.60. The first-order chi connectivity index (χ1) is 11.2. The minimum absolute atomic E-state index is 0.293. The number of carbonyl (C=O) groups is 1. The van der Waals surface area contributed by atoms with Gasteiger partial charge in [-0.15, -0.1) is 0 Å². The SMILES string of the molecule is Cc1ccc(-c2cc(C(=O)Nc3cnn4c3NCCC4)n[nH]2)o1. The number of hydrogen-bond acceptors (Lipinski definition) is 5. The number of amides is 1. The van der Waals surface area contributed by atoms with Gasteiger partial charge in [0.25, 0.3) is 5.91 Å². The van der Waals surface area contributed by atoms with Gasteiger partial charge in [0.2, 0.25) is 0 Å². The number of anilines is 2. The molecule has 0 atom stereocenters. The molecule has 0 fully saturated rings. The summed E-state index contributed by atoms with van der Waals surface area (Å²) in [6, 6.07) is 5.36. The molecule has 4 heterocycles. The second kappa shape index (κ2) is 5.31. The molecule has 23 heavy (non-hydrogen) atoms. The van der Waals surface area contributed by atoms with Crippen molar-refractivity contribution in [3.8, 4) is 11.5 Å². The molecule has 0 saturated heterocycles. The minimum Gasteiger partial charge on any atom is -0.460 e. The van der Waals surface area contributed by atoms with Gasteiger partial charge in [0.1, 0.15) is 23.0 Å². The number of H-pyrrole nitrogens is 1. The van der Waals surface area contributed by atoms with E-state index in [2.05, 4.69) is 25.9 Å². The standard InChI is InChI=1S/C15H16N6O2/c1-9-3-4-13(23-9)10-7-11(20-19-10)15(22)18-12-8-17-21-6-2-5-16-14(12)21/h3-4,7-8,16H,2,5-6H2,1H3,(H,18,22)(H,19,20). The lowest BCUT2D eigenvalue weighted by Crippen LogP contribution is -2.19. The van der Waals surface area contributed by atoms with Crippen LogP contribution in [0.5, 0.6) is 0 Å². The summed E-state index contributed by atoms with van der Waals surface area (Å²) in [5.74, 6) is 2.00. The molecule has 1 aliphatic heterocycles. The van der Waals surface area contributed by atoms with Crippen LogP contribution >= 0.6 is 0 Å². The molecular weight excluding hydrogens is 296 g/mol. The van der Waals surface area contributed by atoms with Crippen LogP contribution in [0, 0.1) is 6.92 Å². The molecule has 3 aromatic heterocycles. The maximum absolute atomic E-state index is 12.4. The molecule has 118 valence electrons. The largest absolute Gasteiger partial charge is 0.460 e. The Morgan fingerprint density at radius 3 is 3.17 bits per heavy atom. The highest BCUT2D eigenvalue weighted by Crippen LogP contribution is 2.25. The van der Waals surface area contributed by atoms with Crippen molar-refractivity contribution in [3.63, 3.8) is 0 Å². The molecule has 0 aliphatic carbocycles. The Hall–Kier alpha value is -3.03. The van der Waals surface area contributed by atoms with Gasteiger partial charge in [-0.05, 0) is 25.5 Å². The molecule has 8 nitrogen and oxygen atoms in total. The van der Waals surface area contributed by atoms with Gasteiger partial charge < -0.3 is 15.1 Å². The van der Waals surface area contributed by atoms with Gasteiger partial charge in [-0.3, -0.25) is 9.89 Å². The van der Waals surface area contributed by atoms with Crippen molar-refractivity contribution in [2.75, 3.05) is 17.2 Å². The molecule has 3 N–H and O–H groups in total. The first kappa shape index (κ1) is 13.6. The number of nitrogens with one attached hydrogen (secondary N) is 3. The van der Waals surface area contributed by atoms with E-state index in [1.54, 1.807) is 12.3 Å². The third kappa shape index (κ3) is 2.48. The first-order valence-corrected chi connectivity index (χ1v) is 7.44. The van der Waals surface area contributed by atoms with Crippen molar-refractivity contribution in [1.29, 1.82) is 0 Å². The van der Waals surface area contributed by atoms with Crippen molar-refractivity contribution < 1.29 is 9.21 Å². The zero-order valence-corrected chi connectivity index (χ0v) is 12.6. The molecule has 0 spiro atoms. The lowest BCUT2D eigenvalue weighted by Gasteiger charge is -2.16. The molecule has 8 heteroatoms. The average Bonchev–Trinajstić information content (AvgIpc) is 3.27. The number of furan rings is 1. The number of hydrogen-bond donors (Lipinski definition) is 3. The average molecular weight is 312 g/mol. The van der Waals surface area contributed by atoms with Crippen LogP contribution < -0.4 is 10.6 Å². The monoisotopic (exact) mass is 312 g/mol. The quantitative estimate of drug-likeness (QED) is 0.688. The third-order valence-electron chi connectivity index (χ3n) is 3.74. The van der Waals surface area contributed by atoms with Gasteiger partial charge in [0, 0.05) is 19.2 Å². The van der Waals surface area contributed by atoms with Gasteiger partial charge in [-0.25, -0.2) is 4.68 Å². The molecule has 1 amide bonds. The summed E-state index contributed by atoms with van der Waals surface area (Å²) in [6.07, 6.45) is 2.67. The highest BCUT2D eigenvalue weighted by atomic mass is 16.3. The summed E-state index contributed by atoms with van der Waals surface area (Å²) in [5.41, 5.74) is 1.62. The molecule has 1 aliphatic rings. The van der Waals surface area contributed by atoms with Crippen LogP contribution in [0.4, 0.5) is 11.5 Å². The van der Waals surface area contributed by atoms with Crippen LogP contribution in [0.1, 0.15) is 22.7 Å². The Bertz CT molecular complexity index is 859. The Kier molecular flexibility index (Phi) is 3.14. The maximum Gasteiger partial charge on any atom is 0.276 e. The molecule has 0 radical (unpaired) electrons. The van der Waals surface area contributed by atoms with Gasteiger partial charge in [0.15, 0.2) is 11.5 Å². The van der Waals surface area contributed by atoms with E-state index in [0.29, 0.717) is 22.8 Å². The summed E-state index contributed by atoms with van der Waals surface area (Å²) in [7, 11) is 0. The van der Waals surface area contributed by atoms with Crippen molar-refractivity contribution >= 4 is 17.4 Å². The predicted molar refractivity (Wildman–Crippen MR) is 84.3 cm³/mol. The van der Waals surface area contributed by atoms with Crippen LogP contribution in [0.15, 0.2) is 28.8 Å². The van der Waals surface area contributed by atoms with E-state index < -0.39 is 0 Å². The second-order valence-electron chi connectivity index (χ2n) is 5.44. The summed E-state index contributed by atoms with van der Waals surface area (Å²) in [4.78, 5) is 12.4. The Balaban J connectivity index is 1.53. The van der Waals surface area contributed by atoms with Gasteiger partial charge in [-0.1, -0.05) is 0 Å². The zero-order valence-electron chi connectivity index (χ0n) is 12.6. The Morgan fingerprint density at radius 1 is 1.43 bits per heavy atom. The summed E-state index contributed by atoms with van der Waals surface area (Å²) in [5, 5.41) is 17.2. The van der Waals surface area contributed by atoms with Gasteiger partial charge in [0.05, 0.1) is 6.20 Å². The first-order valence-electron chi connectivity index (χ1n) is 7.44. The lowest BCUT2D eigenvalue weighted by molar-refractivity contribution is 0.102. The normalized spacial score (nSPS) is 13.4. The van der Waals surface area contributed by atoms with Crippen molar-refractivity contribution in [3.05, 3.63) is 35.9 Å². The molecule has 0 unspecified atom stereocenters. The Labute approximate surface area is 131 Å². The van der Waals surface area contributed by atoms with Crippen LogP contribution in [0.25, 0.3) is 11.5 Å². The van der Waals surface area contributed by atoms with Crippen LogP contribution in [-0.2, 0) is 6.54 Å². The number of rotatable bonds is 3. The van der Waals surface area contributed by atoms with Crippen molar-refractivity contribution in [2.24, 2.45) is 0 Å². The molecule has 4 rings (SSSR count).